The van der Waals surface area contributed by atoms with Crippen LogP contribution in [0.5, 0.6) is 5.75 Å². The number of rotatable bonds is 5. The molecule has 1 aromatic heterocycles. The van der Waals surface area contributed by atoms with Crippen LogP contribution >= 0.6 is 0 Å². The van der Waals surface area contributed by atoms with E-state index in [1.165, 1.54) is 0 Å². The van der Waals surface area contributed by atoms with Crippen LogP contribution in [0.15, 0.2) is 48.8 Å². The van der Waals surface area contributed by atoms with Crippen molar-refractivity contribution >= 4 is 23.4 Å². The van der Waals surface area contributed by atoms with Crippen molar-refractivity contribution in [3.63, 3.8) is 0 Å². The molecule has 1 aromatic carbocycles. The molecule has 2 aliphatic rings. The highest BCUT2D eigenvalue weighted by molar-refractivity contribution is 6.01. The Morgan fingerprint density at radius 2 is 1.90 bits per heavy atom. The van der Waals surface area contributed by atoms with E-state index in [2.05, 4.69) is 10.3 Å². The second-order valence-corrected chi connectivity index (χ2v) is 7.89. The number of carbonyl (C=O) groups is 3. The third-order valence-electron chi connectivity index (χ3n) is 5.92. The van der Waals surface area contributed by atoms with Crippen molar-refractivity contribution in [3.05, 3.63) is 54.4 Å². The summed E-state index contributed by atoms with van der Waals surface area (Å²) in [6.45, 7) is 1.49. The van der Waals surface area contributed by atoms with Gasteiger partial charge in [-0.05, 0) is 37.1 Å². The zero-order chi connectivity index (χ0) is 21.8. The Kier molecular flexibility index (Phi) is 6.16. The first kappa shape index (κ1) is 20.8. The van der Waals surface area contributed by atoms with Gasteiger partial charge in [0.25, 0.3) is 5.91 Å². The normalized spacial score (nSPS) is 19.4. The maximum Gasteiger partial charge on any atom is 0.253 e. The van der Waals surface area contributed by atoms with Crippen LogP contribution in [0.1, 0.15) is 29.6 Å². The molecule has 1 N–H and O–H groups in total. The molecule has 3 amide bonds. The van der Waals surface area contributed by atoms with E-state index in [-0.39, 0.29) is 36.1 Å². The molecule has 8 heteroatoms. The molecule has 0 aliphatic carbocycles. The van der Waals surface area contributed by atoms with Gasteiger partial charge in [-0.15, -0.1) is 0 Å². The number of piperidine rings is 1. The Labute approximate surface area is 181 Å². The topological polar surface area (TPSA) is 91.8 Å². The Bertz CT molecular complexity index is 957. The lowest BCUT2D eigenvalue weighted by Gasteiger charge is -2.33. The number of ether oxygens (including phenoxy) is 1. The van der Waals surface area contributed by atoms with Gasteiger partial charge in [-0.1, -0.05) is 12.1 Å². The summed E-state index contributed by atoms with van der Waals surface area (Å²) in [4.78, 5) is 45.4. The standard InChI is InChI=1S/C23H26N4O4/c1-31-20-7-3-2-6-19(20)27-15-17(13-21(27)28)23(30)26-11-8-18(9-12-26)25-22(29)16-5-4-10-24-14-16/h2-7,10,14,17-18H,8-9,11-13,15H2,1H3,(H,25,29). The van der Waals surface area contributed by atoms with Gasteiger partial charge in [0, 0.05) is 44.5 Å². The quantitative estimate of drug-likeness (QED) is 0.794. The monoisotopic (exact) mass is 422 g/mol. The molecule has 2 saturated heterocycles. The van der Waals surface area contributed by atoms with Crippen LogP contribution in [0, 0.1) is 5.92 Å². The molecule has 3 heterocycles. The summed E-state index contributed by atoms with van der Waals surface area (Å²) < 4.78 is 5.37. The molecular weight excluding hydrogens is 396 g/mol. The first-order valence-corrected chi connectivity index (χ1v) is 10.5. The summed E-state index contributed by atoms with van der Waals surface area (Å²) in [7, 11) is 1.57. The molecule has 1 unspecified atom stereocenters. The highest BCUT2D eigenvalue weighted by Crippen LogP contribution is 2.33. The number of nitrogens with one attached hydrogen (secondary N) is 1. The molecule has 0 bridgehead atoms. The predicted molar refractivity (Wildman–Crippen MR) is 115 cm³/mol. The largest absolute Gasteiger partial charge is 0.495 e. The zero-order valence-corrected chi connectivity index (χ0v) is 17.5. The van der Waals surface area contributed by atoms with Crippen molar-refractivity contribution in [2.24, 2.45) is 5.92 Å². The highest BCUT2D eigenvalue weighted by atomic mass is 16.5. The van der Waals surface area contributed by atoms with Gasteiger partial charge in [0.2, 0.25) is 11.8 Å². The minimum absolute atomic E-state index is 0.00258. The van der Waals surface area contributed by atoms with Crippen LogP contribution in [0.3, 0.4) is 0 Å². The number of aromatic nitrogens is 1. The lowest BCUT2D eigenvalue weighted by atomic mass is 10.0. The Morgan fingerprint density at radius 1 is 1.13 bits per heavy atom. The molecule has 0 spiro atoms. The van der Waals surface area contributed by atoms with Gasteiger partial charge in [0.15, 0.2) is 0 Å². The van der Waals surface area contributed by atoms with Crippen molar-refractivity contribution < 1.29 is 19.1 Å². The second-order valence-electron chi connectivity index (χ2n) is 7.89. The Morgan fingerprint density at radius 3 is 2.61 bits per heavy atom. The molecule has 2 aliphatic heterocycles. The maximum atomic E-state index is 13.0. The Hall–Kier alpha value is -3.42. The van der Waals surface area contributed by atoms with Crippen LogP contribution in [-0.4, -0.2) is 60.4 Å². The summed E-state index contributed by atoms with van der Waals surface area (Å²) >= 11 is 0. The van der Waals surface area contributed by atoms with E-state index in [0.29, 0.717) is 49.5 Å². The second kappa shape index (κ2) is 9.16. The summed E-state index contributed by atoms with van der Waals surface area (Å²) in [6, 6.07) is 10.8. The van der Waals surface area contributed by atoms with Crippen LogP contribution in [0.4, 0.5) is 5.69 Å². The molecule has 0 saturated carbocycles. The molecule has 162 valence electrons. The van der Waals surface area contributed by atoms with E-state index >= 15 is 0 Å². The average molecular weight is 422 g/mol. The van der Waals surface area contributed by atoms with E-state index in [1.807, 2.05) is 29.2 Å². The number of carbonyl (C=O) groups excluding carboxylic acids is 3. The predicted octanol–water partition coefficient (Wildman–Crippen LogP) is 1.86. The van der Waals surface area contributed by atoms with E-state index in [1.54, 1.807) is 36.5 Å². The van der Waals surface area contributed by atoms with Gasteiger partial charge in [-0.3, -0.25) is 19.4 Å². The van der Waals surface area contributed by atoms with Crippen molar-refractivity contribution in [3.8, 4) is 5.75 Å². The third-order valence-corrected chi connectivity index (χ3v) is 5.92. The van der Waals surface area contributed by atoms with Crippen molar-refractivity contribution in [2.45, 2.75) is 25.3 Å². The van der Waals surface area contributed by atoms with Gasteiger partial charge in [-0.2, -0.15) is 0 Å². The highest BCUT2D eigenvalue weighted by Gasteiger charge is 2.39. The van der Waals surface area contributed by atoms with Crippen LogP contribution in [-0.2, 0) is 9.59 Å². The average Bonchev–Trinajstić information content (AvgIpc) is 3.21. The van der Waals surface area contributed by atoms with Crippen molar-refractivity contribution in [1.82, 2.24) is 15.2 Å². The lowest BCUT2D eigenvalue weighted by Crippen LogP contribution is -2.48. The molecule has 31 heavy (non-hydrogen) atoms. The van der Waals surface area contributed by atoms with E-state index in [0.717, 1.165) is 0 Å². The van der Waals surface area contributed by atoms with Crippen molar-refractivity contribution in [2.75, 3.05) is 31.6 Å². The van der Waals surface area contributed by atoms with Gasteiger partial charge >= 0.3 is 0 Å². The van der Waals surface area contributed by atoms with E-state index in [9.17, 15) is 14.4 Å². The molecule has 8 nitrogen and oxygen atoms in total. The van der Waals surface area contributed by atoms with Crippen molar-refractivity contribution in [1.29, 1.82) is 0 Å². The molecule has 0 radical (unpaired) electrons. The van der Waals surface area contributed by atoms with Crippen LogP contribution in [0.25, 0.3) is 0 Å². The summed E-state index contributed by atoms with van der Waals surface area (Å²) in [5, 5.41) is 3.02. The molecular formula is C23H26N4O4. The number of para-hydroxylation sites is 2. The SMILES string of the molecule is COc1ccccc1N1CC(C(=O)N2CCC(NC(=O)c3cccnc3)CC2)CC1=O. The number of benzene rings is 1. The van der Waals surface area contributed by atoms with Crippen LogP contribution in [0.2, 0.25) is 0 Å². The number of hydrogen-bond donors (Lipinski definition) is 1. The molecule has 2 fully saturated rings. The fourth-order valence-electron chi connectivity index (χ4n) is 4.23. The summed E-state index contributed by atoms with van der Waals surface area (Å²) in [5.41, 5.74) is 1.23. The first-order chi connectivity index (χ1) is 15.1. The smallest absolute Gasteiger partial charge is 0.253 e. The summed E-state index contributed by atoms with van der Waals surface area (Å²) in [5.74, 6) is 0.0454. The van der Waals surface area contributed by atoms with Gasteiger partial charge in [0.05, 0.1) is 24.3 Å². The molecule has 4 rings (SSSR count). The Balaban J connectivity index is 1.32. The van der Waals surface area contributed by atoms with Crippen LogP contribution < -0.4 is 15.0 Å². The zero-order valence-electron chi connectivity index (χ0n) is 17.5. The number of anilines is 1. The van der Waals surface area contributed by atoms with Gasteiger partial charge in [-0.25, -0.2) is 0 Å². The number of pyridine rings is 1. The number of nitrogens with zero attached hydrogens (tertiary/aromatic N) is 3. The summed E-state index contributed by atoms with van der Waals surface area (Å²) in [6.07, 6.45) is 4.75. The first-order valence-electron chi connectivity index (χ1n) is 10.5. The number of methoxy groups -OCH3 is 1. The van der Waals surface area contributed by atoms with Gasteiger partial charge < -0.3 is 19.9 Å². The van der Waals surface area contributed by atoms with E-state index in [4.69, 9.17) is 4.74 Å². The fourth-order valence-corrected chi connectivity index (χ4v) is 4.23. The number of likely N-dealkylation sites (tertiary alicyclic amines) is 1. The number of hydrogen-bond acceptors (Lipinski definition) is 5. The molecule has 2 aromatic rings. The van der Waals surface area contributed by atoms with E-state index < -0.39 is 0 Å². The molecule has 1 atom stereocenters. The fraction of sp³-hybridized carbons (Fsp3) is 0.391. The third kappa shape index (κ3) is 4.52. The minimum Gasteiger partial charge on any atom is -0.495 e. The minimum atomic E-state index is -0.362. The lowest BCUT2D eigenvalue weighted by molar-refractivity contribution is -0.136. The van der Waals surface area contributed by atoms with Gasteiger partial charge in [0.1, 0.15) is 5.75 Å². The number of amides is 3. The maximum absolute atomic E-state index is 13.0.